The molecule has 1 saturated carbocycles. The molecule has 2 aromatic carbocycles. The van der Waals surface area contributed by atoms with Gasteiger partial charge in [0.25, 0.3) is 0 Å². The summed E-state index contributed by atoms with van der Waals surface area (Å²) in [5.41, 5.74) is 0.466. The van der Waals surface area contributed by atoms with E-state index < -0.39 is 16.3 Å². The largest absolute Gasteiger partial charge is 0.457 e. The smallest absolute Gasteiger partial charge is 0.246 e. The van der Waals surface area contributed by atoms with E-state index in [0.29, 0.717) is 31.1 Å². The monoisotopic (exact) mass is 615 g/mol. The van der Waals surface area contributed by atoms with Crippen LogP contribution in [0.4, 0.5) is 0 Å². The van der Waals surface area contributed by atoms with E-state index in [-0.39, 0.29) is 30.3 Å². The first-order valence-corrected chi connectivity index (χ1v) is 17.0. The second-order valence-corrected chi connectivity index (χ2v) is 13.5. The molecule has 3 fully saturated rings. The zero-order chi connectivity index (χ0) is 28.8. The molecule has 2 atom stereocenters. The molecule has 1 aliphatic carbocycles. The van der Waals surface area contributed by atoms with Crippen LogP contribution in [0.5, 0.6) is 11.5 Å². The van der Waals surface area contributed by atoms with Gasteiger partial charge in [-0.2, -0.15) is 0 Å². The van der Waals surface area contributed by atoms with Crippen molar-refractivity contribution in [1.82, 2.24) is 15.1 Å². The summed E-state index contributed by atoms with van der Waals surface area (Å²) >= 11 is 0. The zero-order valence-corrected chi connectivity index (χ0v) is 26.6. The molecule has 9 heteroatoms. The van der Waals surface area contributed by atoms with Gasteiger partial charge in [-0.25, -0.2) is 0 Å². The molecule has 2 aliphatic heterocycles. The summed E-state index contributed by atoms with van der Waals surface area (Å²) in [7, 11) is -1.01. The van der Waals surface area contributed by atoms with Gasteiger partial charge in [-0.05, 0) is 73.6 Å². The number of halogens is 1. The van der Waals surface area contributed by atoms with Crippen LogP contribution in [0.3, 0.4) is 0 Å². The molecule has 1 spiro atoms. The van der Waals surface area contributed by atoms with Crippen molar-refractivity contribution in [1.29, 1.82) is 0 Å². The number of ether oxygens (including phenoxy) is 1. The number of benzene rings is 2. The molecule has 1 unspecified atom stereocenters. The van der Waals surface area contributed by atoms with Crippen molar-refractivity contribution in [3.8, 4) is 11.5 Å². The van der Waals surface area contributed by atoms with Crippen LogP contribution in [0.2, 0.25) is 0 Å². The highest BCUT2D eigenvalue weighted by Crippen LogP contribution is 2.36. The first-order valence-electron chi connectivity index (χ1n) is 15.4. The maximum Gasteiger partial charge on any atom is 0.246 e. The molecule has 2 amide bonds. The van der Waals surface area contributed by atoms with Gasteiger partial charge in [-0.3, -0.25) is 18.7 Å². The van der Waals surface area contributed by atoms with E-state index >= 15 is 0 Å². The number of unbranched alkanes of at least 4 members (excludes halogenated alkanes) is 1. The van der Waals surface area contributed by atoms with Crippen molar-refractivity contribution in [2.24, 2.45) is 5.92 Å². The molecule has 2 aromatic rings. The number of likely N-dealkylation sites (tertiary alicyclic amines) is 1. The normalized spacial score (nSPS) is 22.0. The molecule has 5 rings (SSSR count). The Morgan fingerprint density at radius 1 is 0.952 bits per heavy atom. The topological polar surface area (TPSA) is 79.0 Å². The number of carbonyl (C=O) groups excluding carboxylic acids is 2. The van der Waals surface area contributed by atoms with Gasteiger partial charge < -0.3 is 15.0 Å². The number of piperazine rings is 1. The van der Waals surface area contributed by atoms with Crippen LogP contribution in [0.15, 0.2) is 53.4 Å². The first kappa shape index (κ1) is 32.5. The van der Waals surface area contributed by atoms with Crippen LogP contribution in [0, 0.1) is 5.92 Å². The Bertz CT molecular complexity index is 1210. The standard InChI is InChI=1S/C33H45N3O4S.ClH/c1-3-4-20-36-31(37)30(23-25-8-6-5-7-9-25)34-32(38)33(36)18-21-35(22-19-33)24-26-10-12-27(13-11-26)40-28-14-16-29(17-15-28)41(2)39;/h10-17,25,30H,3-9,18-24H2,1-2H3,(H,34,38);1H/t30-,41?;/m0./s1. The van der Waals surface area contributed by atoms with Crippen molar-refractivity contribution < 1.29 is 18.5 Å². The van der Waals surface area contributed by atoms with E-state index in [4.69, 9.17) is 4.74 Å². The third-order valence-electron chi connectivity index (χ3n) is 9.24. The number of hydrogen-bond donors (Lipinski definition) is 1. The Morgan fingerprint density at radius 2 is 1.57 bits per heavy atom. The van der Waals surface area contributed by atoms with Crippen LogP contribution in [-0.2, 0) is 26.9 Å². The molecule has 1 N–H and O–H groups in total. The van der Waals surface area contributed by atoms with E-state index in [9.17, 15) is 13.8 Å². The summed E-state index contributed by atoms with van der Waals surface area (Å²) < 4.78 is 17.6. The van der Waals surface area contributed by atoms with Crippen LogP contribution in [0.25, 0.3) is 0 Å². The average Bonchev–Trinajstić information content (AvgIpc) is 2.99. The molecule has 3 aliphatic rings. The quantitative estimate of drug-likeness (QED) is 0.351. The molecule has 0 aromatic heterocycles. The van der Waals surface area contributed by atoms with Crippen LogP contribution in [0.1, 0.15) is 76.7 Å². The van der Waals surface area contributed by atoms with Gasteiger partial charge in [0.1, 0.15) is 23.1 Å². The lowest BCUT2D eigenvalue weighted by Crippen LogP contribution is -2.73. The predicted molar refractivity (Wildman–Crippen MR) is 170 cm³/mol. The Morgan fingerprint density at radius 3 is 2.17 bits per heavy atom. The number of piperidine rings is 1. The second kappa shape index (κ2) is 14.8. The third-order valence-corrected chi connectivity index (χ3v) is 10.2. The fourth-order valence-corrected chi connectivity index (χ4v) is 7.29. The molecule has 7 nitrogen and oxygen atoms in total. The summed E-state index contributed by atoms with van der Waals surface area (Å²) in [5, 5.41) is 3.20. The van der Waals surface area contributed by atoms with Gasteiger partial charge in [0.15, 0.2) is 0 Å². The minimum Gasteiger partial charge on any atom is -0.457 e. The molecule has 2 heterocycles. The SMILES string of the molecule is CCCCN1C(=O)[C@H](CC2CCCCC2)NC(=O)C12CCN(Cc1ccc(Oc3ccc(S(C)=O)cc3)cc1)CC2.Cl. The van der Waals surface area contributed by atoms with Crippen molar-refractivity contribution in [2.45, 2.75) is 94.2 Å². The van der Waals surface area contributed by atoms with Crippen LogP contribution >= 0.6 is 12.4 Å². The van der Waals surface area contributed by atoms with E-state index in [0.717, 1.165) is 49.5 Å². The maximum absolute atomic E-state index is 13.8. The molecular formula is C33H46ClN3O4S. The summed E-state index contributed by atoms with van der Waals surface area (Å²) in [4.78, 5) is 32.6. The lowest BCUT2D eigenvalue weighted by atomic mass is 9.79. The molecular weight excluding hydrogens is 570 g/mol. The van der Waals surface area contributed by atoms with Crippen molar-refractivity contribution in [3.63, 3.8) is 0 Å². The molecule has 0 bridgehead atoms. The fourth-order valence-electron chi connectivity index (χ4n) is 6.77. The minimum atomic E-state index is -1.01. The third kappa shape index (κ3) is 7.56. The highest BCUT2D eigenvalue weighted by Gasteiger charge is 2.53. The number of carbonyl (C=O) groups is 2. The van der Waals surface area contributed by atoms with Gasteiger partial charge in [0.05, 0.1) is 0 Å². The number of nitrogens with one attached hydrogen (secondary N) is 1. The molecule has 2 saturated heterocycles. The number of rotatable bonds is 10. The van der Waals surface area contributed by atoms with E-state index in [1.165, 1.54) is 37.7 Å². The highest BCUT2D eigenvalue weighted by atomic mass is 35.5. The summed E-state index contributed by atoms with van der Waals surface area (Å²) in [6.07, 6.45) is 11.9. The van der Waals surface area contributed by atoms with Crippen molar-refractivity contribution in [3.05, 3.63) is 54.1 Å². The summed E-state index contributed by atoms with van der Waals surface area (Å²) in [6.45, 7) is 5.16. The number of amides is 2. The number of hydrogen-bond acceptors (Lipinski definition) is 5. The lowest BCUT2D eigenvalue weighted by molar-refractivity contribution is -0.162. The fraction of sp³-hybridized carbons (Fsp3) is 0.576. The molecule has 230 valence electrons. The number of nitrogens with zero attached hydrogens (tertiary/aromatic N) is 2. The lowest BCUT2D eigenvalue weighted by Gasteiger charge is -2.52. The zero-order valence-electron chi connectivity index (χ0n) is 25.0. The predicted octanol–water partition coefficient (Wildman–Crippen LogP) is 6.07. The van der Waals surface area contributed by atoms with Crippen LogP contribution in [-0.4, -0.2) is 63.3 Å². The maximum atomic E-state index is 13.8. The summed E-state index contributed by atoms with van der Waals surface area (Å²) in [6, 6.07) is 15.1. The Hall–Kier alpha value is -2.42. The Kier molecular flexibility index (Phi) is 11.5. The van der Waals surface area contributed by atoms with E-state index in [2.05, 4.69) is 29.3 Å². The second-order valence-electron chi connectivity index (χ2n) is 12.1. The van der Waals surface area contributed by atoms with Gasteiger partial charge in [-0.15, -0.1) is 12.4 Å². The highest BCUT2D eigenvalue weighted by molar-refractivity contribution is 7.84. The Labute approximate surface area is 259 Å². The van der Waals surface area contributed by atoms with Gasteiger partial charge in [0.2, 0.25) is 11.8 Å². The van der Waals surface area contributed by atoms with E-state index in [1.807, 2.05) is 41.3 Å². The Balaban J connectivity index is 0.00000405. The van der Waals surface area contributed by atoms with Gasteiger partial charge in [-0.1, -0.05) is 57.6 Å². The summed E-state index contributed by atoms with van der Waals surface area (Å²) in [5.74, 6) is 2.22. The van der Waals surface area contributed by atoms with Gasteiger partial charge >= 0.3 is 0 Å². The molecule has 42 heavy (non-hydrogen) atoms. The van der Waals surface area contributed by atoms with Crippen molar-refractivity contribution in [2.75, 3.05) is 25.9 Å². The van der Waals surface area contributed by atoms with Gasteiger partial charge in [0, 0.05) is 48.1 Å². The van der Waals surface area contributed by atoms with Crippen molar-refractivity contribution >= 4 is 35.0 Å². The molecule has 0 radical (unpaired) electrons. The van der Waals surface area contributed by atoms with Crippen LogP contribution < -0.4 is 10.1 Å². The van der Waals surface area contributed by atoms with E-state index in [1.54, 1.807) is 6.26 Å². The minimum absolute atomic E-state index is 0. The first-order chi connectivity index (χ1) is 19.9. The average molecular weight is 616 g/mol.